The standard InChI is InChI=1S/C19H19NO3/c1-23-16-7-5-15(6-8-16)20-18-10-4-14-12-13(2-9-17(14)18)3-11-19(21)22/h2-3,5-9,11-12,18,20H,4,10H2,1H3,(H,21,22)/b11-3+. The summed E-state index contributed by atoms with van der Waals surface area (Å²) < 4.78 is 5.17. The molecule has 0 amide bonds. The minimum atomic E-state index is -0.926. The quantitative estimate of drug-likeness (QED) is 0.823. The highest BCUT2D eigenvalue weighted by molar-refractivity contribution is 5.85. The van der Waals surface area contributed by atoms with Crippen LogP contribution in [0.3, 0.4) is 0 Å². The Labute approximate surface area is 135 Å². The highest BCUT2D eigenvalue weighted by Gasteiger charge is 2.22. The van der Waals surface area contributed by atoms with Crippen LogP contribution in [-0.4, -0.2) is 18.2 Å². The molecule has 4 nitrogen and oxygen atoms in total. The Kier molecular flexibility index (Phi) is 4.33. The largest absolute Gasteiger partial charge is 0.497 e. The maximum Gasteiger partial charge on any atom is 0.328 e. The van der Waals surface area contributed by atoms with Gasteiger partial charge in [0, 0.05) is 11.8 Å². The number of hydrogen-bond acceptors (Lipinski definition) is 3. The van der Waals surface area contributed by atoms with Gasteiger partial charge in [-0.05, 0) is 59.9 Å². The third-order valence-corrected chi connectivity index (χ3v) is 4.09. The number of nitrogens with one attached hydrogen (secondary N) is 1. The predicted molar refractivity (Wildman–Crippen MR) is 90.8 cm³/mol. The summed E-state index contributed by atoms with van der Waals surface area (Å²) >= 11 is 0. The summed E-state index contributed by atoms with van der Waals surface area (Å²) in [6.07, 6.45) is 4.84. The lowest BCUT2D eigenvalue weighted by atomic mass is 10.0. The number of carboxylic acids is 1. The van der Waals surface area contributed by atoms with E-state index in [1.165, 1.54) is 17.2 Å². The Morgan fingerprint density at radius 3 is 2.74 bits per heavy atom. The molecule has 0 fully saturated rings. The third kappa shape index (κ3) is 3.54. The second kappa shape index (κ2) is 6.57. The van der Waals surface area contributed by atoms with Crippen LogP contribution in [0.15, 0.2) is 48.5 Å². The van der Waals surface area contributed by atoms with Crippen LogP contribution in [-0.2, 0) is 11.2 Å². The number of anilines is 1. The molecule has 0 aromatic heterocycles. The summed E-state index contributed by atoms with van der Waals surface area (Å²) in [4.78, 5) is 10.6. The molecule has 2 aromatic carbocycles. The molecule has 0 bridgehead atoms. The van der Waals surface area contributed by atoms with E-state index >= 15 is 0 Å². The van der Waals surface area contributed by atoms with Gasteiger partial charge in [0.25, 0.3) is 0 Å². The summed E-state index contributed by atoms with van der Waals surface area (Å²) in [5, 5.41) is 12.3. The fourth-order valence-corrected chi connectivity index (χ4v) is 2.95. The van der Waals surface area contributed by atoms with Crippen LogP contribution >= 0.6 is 0 Å². The number of carboxylic acid groups (broad SMARTS) is 1. The van der Waals surface area contributed by atoms with Gasteiger partial charge in [0.05, 0.1) is 13.2 Å². The van der Waals surface area contributed by atoms with E-state index in [-0.39, 0.29) is 6.04 Å². The topological polar surface area (TPSA) is 58.6 Å². The van der Waals surface area contributed by atoms with Crippen LogP contribution in [0.4, 0.5) is 5.69 Å². The van der Waals surface area contributed by atoms with Gasteiger partial charge in [0.2, 0.25) is 0 Å². The van der Waals surface area contributed by atoms with E-state index < -0.39 is 5.97 Å². The highest BCUT2D eigenvalue weighted by atomic mass is 16.5. The molecule has 0 radical (unpaired) electrons. The Balaban J connectivity index is 1.74. The van der Waals surface area contributed by atoms with Crippen molar-refractivity contribution in [2.45, 2.75) is 18.9 Å². The van der Waals surface area contributed by atoms with Crippen molar-refractivity contribution in [1.29, 1.82) is 0 Å². The molecule has 118 valence electrons. The summed E-state index contributed by atoms with van der Waals surface area (Å²) in [5.74, 6) is -0.0817. The van der Waals surface area contributed by atoms with Gasteiger partial charge in [0.1, 0.15) is 5.75 Å². The Morgan fingerprint density at radius 1 is 1.26 bits per heavy atom. The molecule has 23 heavy (non-hydrogen) atoms. The van der Waals surface area contributed by atoms with E-state index in [1.807, 2.05) is 30.3 Å². The van der Waals surface area contributed by atoms with Crippen molar-refractivity contribution in [1.82, 2.24) is 0 Å². The average molecular weight is 309 g/mol. The van der Waals surface area contributed by atoms with Crippen molar-refractivity contribution in [3.8, 4) is 5.75 Å². The number of benzene rings is 2. The van der Waals surface area contributed by atoms with Gasteiger partial charge >= 0.3 is 5.97 Å². The van der Waals surface area contributed by atoms with Crippen molar-refractivity contribution in [3.05, 3.63) is 65.2 Å². The molecule has 0 heterocycles. The molecule has 1 aliphatic rings. The summed E-state index contributed by atoms with van der Waals surface area (Å²) in [6.45, 7) is 0. The second-order valence-electron chi connectivity index (χ2n) is 5.59. The van der Waals surface area contributed by atoms with E-state index in [1.54, 1.807) is 13.2 Å². The smallest absolute Gasteiger partial charge is 0.328 e. The molecule has 2 aromatic rings. The maximum atomic E-state index is 10.6. The molecular formula is C19H19NO3. The van der Waals surface area contributed by atoms with E-state index in [2.05, 4.69) is 17.4 Å². The van der Waals surface area contributed by atoms with Gasteiger partial charge in [-0.15, -0.1) is 0 Å². The number of hydrogen-bond donors (Lipinski definition) is 2. The van der Waals surface area contributed by atoms with E-state index in [4.69, 9.17) is 9.84 Å². The highest BCUT2D eigenvalue weighted by Crippen LogP contribution is 2.34. The second-order valence-corrected chi connectivity index (χ2v) is 5.59. The molecule has 1 unspecified atom stereocenters. The zero-order chi connectivity index (χ0) is 16.2. The number of rotatable bonds is 5. The molecule has 0 saturated carbocycles. The number of aryl methyl sites for hydroxylation is 1. The minimum absolute atomic E-state index is 0.288. The van der Waals surface area contributed by atoms with Crippen molar-refractivity contribution in [3.63, 3.8) is 0 Å². The molecule has 0 spiro atoms. The summed E-state index contributed by atoms with van der Waals surface area (Å²) in [7, 11) is 1.66. The van der Waals surface area contributed by atoms with Crippen LogP contribution < -0.4 is 10.1 Å². The van der Waals surface area contributed by atoms with Crippen LogP contribution in [0, 0.1) is 0 Å². The molecule has 1 atom stereocenters. The first kappa shape index (κ1) is 15.2. The van der Waals surface area contributed by atoms with Gasteiger partial charge < -0.3 is 15.2 Å². The maximum absolute atomic E-state index is 10.6. The molecule has 4 heteroatoms. The lowest BCUT2D eigenvalue weighted by Crippen LogP contribution is -2.06. The van der Waals surface area contributed by atoms with Gasteiger partial charge in [-0.1, -0.05) is 18.2 Å². The van der Waals surface area contributed by atoms with Crippen molar-refractivity contribution in [2.75, 3.05) is 12.4 Å². The van der Waals surface area contributed by atoms with Crippen molar-refractivity contribution < 1.29 is 14.6 Å². The normalized spacial score (nSPS) is 16.3. The van der Waals surface area contributed by atoms with Crippen LogP contribution in [0.2, 0.25) is 0 Å². The number of fused-ring (bicyclic) bond motifs is 1. The predicted octanol–water partition coefficient (Wildman–Crippen LogP) is 3.89. The molecule has 3 rings (SSSR count). The van der Waals surface area contributed by atoms with Crippen molar-refractivity contribution in [2.24, 2.45) is 0 Å². The van der Waals surface area contributed by atoms with Gasteiger partial charge in [0.15, 0.2) is 0 Å². The Morgan fingerprint density at radius 2 is 2.04 bits per heavy atom. The minimum Gasteiger partial charge on any atom is -0.497 e. The lowest BCUT2D eigenvalue weighted by Gasteiger charge is -2.16. The zero-order valence-electron chi connectivity index (χ0n) is 13.0. The number of aliphatic carboxylic acids is 1. The molecule has 0 aliphatic heterocycles. The number of ether oxygens (including phenoxy) is 1. The van der Waals surface area contributed by atoms with Gasteiger partial charge in [-0.2, -0.15) is 0 Å². The van der Waals surface area contributed by atoms with Gasteiger partial charge in [-0.3, -0.25) is 0 Å². The van der Waals surface area contributed by atoms with E-state index in [0.29, 0.717) is 0 Å². The van der Waals surface area contributed by atoms with E-state index in [9.17, 15) is 4.79 Å². The van der Waals surface area contributed by atoms with E-state index in [0.717, 1.165) is 29.8 Å². The number of methoxy groups -OCH3 is 1. The van der Waals surface area contributed by atoms with Crippen LogP contribution in [0.5, 0.6) is 5.75 Å². The molecular weight excluding hydrogens is 290 g/mol. The summed E-state index contributed by atoms with van der Waals surface area (Å²) in [6, 6.07) is 14.3. The van der Waals surface area contributed by atoms with Crippen LogP contribution in [0.1, 0.15) is 29.2 Å². The first-order chi connectivity index (χ1) is 11.2. The fourth-order valence-electron chi connectivity index (χ4n) is 2.95. The van der Waals surface area contributed by atoms with Gasteiger partial charge in [-0.25, -0.2) is 4.79 Å². The SMILES string of the molecule is COc1ccc(NC2CCc3cc(/C=C/C(=O)O)ccc32)cc1. The Bertz CT molecular complexity index is 735. The Hall–Kier alpha value is -2.75. The third-order valence-electron chi connectivity index (χ3n) is 4.09. The summed E-state index contributed by atoms with van der Waals surface area (Å²) in [5.41, 5.74) is 4.56. The zero-order valence-corrected chi connectivity index (χ0v) is 13.0. The fraction of sp³-hybridized carbons (Fsp3) is 0.211. The molecule has 2 N–H and O–H groups in total. The number of carbonyl (C=O) groups is 1. The first-order valence-corrected chi connectivity index (χ1v) is 7.60. The average Bonchev–Trinajstić information content (AvgIpc) is 2.96. The molecule has 0 saturated heterocycles. The van der Waals surface area contributed by atoms with Crippen molar-refractivity contribution >= 4 is 17.7 Å². The first-order valence-electron chi connectivity index (χ1n) is 7.60. The molecule has 1 aliphatic carbocycles. The van der Waals surface area contributed by atoms with Crippen LogP contribution in [0.25, 0.3) is 6.08 Å². The monoisotopic (exact) mass is 309 g/mol. The lowest BCUT2D eigenvalue weighted by molar-refractivity contribution is -0.131.